The Morgan fingerprint density at radius 3 is 2.38 bits per heavy atom. The fourth-order valence-corrected chi connectivity index (χ4v) is 2.81. The first-order valence-electron chi connectivity index (χ1n) is 6.43. The molecule has 1 amide bonds. The molecule has 1 unspecified atom stereocenters. The van der Waals surface area contributed by atoms with Crippen LogP contribution in [0.1, 0.15) is 11.1 Å². The molecule has 0 radical (unpaired) electrons. The Labute approximate surface area is 123 Å². The molecule has 1 aliphatic rings. The zero-order chi connectivity index (χ0) is 15.6. The van der Waals surface area contributed by atoms with Crippen molar-refractivity contribution in [1.82, 2.24) is 0 Å². The van der Waals surface area contributed by atoms with Gasteiger partial charge in [-0.05, 0) is 37.1 Å². The molecule has 0 aliphatic carbocycles. The predicted molar refractivity (Wildman–Crippen MR) is 76.5 cm³/mol. The van der Waals surface area contributed by atoms with E-state index >= 15 is 0 Å². The van der Waals surface area contributed by atoms with Crippen LogP contribution in [0.15, 0.2) is 17.0 Å². The van der Waals surface area contributed by atoms with E-state index < -0.39 is 16.1 Å². The fourth-order valence-electron chi connectivity index (χ4n) is 2.13. The van der Waals surface area contributed by atoms with Crippen molar-refractivity contribution in [3.05, 3.63) is 23.3 Å². The quantitative estimate of drug-likeness (QED) is 0.834. The van der Waals surface area contributed by atoms with Gasteiger partial charge in [-0.15, -0.1) is 0 Å². The van der Waals surface area contributed by atoms with Gasteiger partial charge in [-0.1, -0.05) is 0 Å². The Balaban J connectivity index is 2.22. The van der Waals surface area contributed by atoms with Crippen molar-refractivity contribution in [3.8, 4) is 0 Å². The van der Waals surface area contributed by atoms with Gasteiger partial charge >= 0.3 is 0 Å². The molecule has 0 bridgehead atoms. The number of hydrogen-bond acceptors (Lipinski definition) is 5. The van der Waals surface area contributed by atoms with E-state index in [-0.39, 0.29) is 17.4 Å². The number of carbonyl (C=O) groups is 1. The Morgan fingerprint density at radius 1 is 1.29 bits per heavy atom. The number of ether oxygens (including phenoxy) is 2. The number of nitrogens with two attached hydrogens (primary N) is 1. The van der Waals surface area contributed by atoms with Crippen LogP contribution in [0.5, 0.6) is 0 Å². The minimum absolute atomic E-state index is 0.0211. The van der Waals surface area contributed by atoms with Gasteiger partial charge in [-0.3, -0.25) is 4.79 Å². The van der Waals surface area contributed by atoms with Gasteiger partial charge < -0.3 is 14.8 Å². The maximum atomic E-state index is 12.1. The average Bonchev–Trinajstić information content (AvgIpc) is 2.42. The summed E-state index contributed by atoms with van der Waals surface area (Å²) < 4.78 is 33.2. The number of primary sulfonamides is 1. The van der Waals surface area contributed by atoms with Crippen molar-refractivity contribution in [3.63, 3.8) is 0 Å². The number of benzene rings is 1. The Morgan fingerprint density at radius 2 is 1.90 bits per heavy atom. The second-order valence-corrected chi connectivity index (χ2v) is 6.46. The van der Waals surface area contributed by atoms with Gasteiger partial charge in [0.25, 0.3) is 5.91 Å². The van der Waals surface area contributed by atoms with Crippen LogP contribution in [0.25, 0.3) is 0 Å². The molecule has 116 valence electrons. The molecule has 0 aromatic heterocycles. The van der Waals surface area contributed by atoms with Crippen LogP contribution in [0.2, 0.25) is 0 Å². The van der Waals surface area contributed by atoms with E-state index in [4.69, 9.17) is 14.6 Å². The molecule has 0 spiro atoms. The molecule has 3 N–H and O–H groups in total. The van der Waals surface area contributed by atoms with Crippen LogP contribution in [-0.2, 0) is 24.3 Å². The number of aryl methyl sites for hydroxylation is 2. The topological polar surface area (TPSA) is 108 Å². The van der Waals surface area contributed by atoms with Gasteiger partial charge in [0.15, 0.2) is 6.10 Å². The number of rotatable bonds is 3. The van der Waals surface area contributed by atoms with Gasteiger partial charge in [0.2, 0.25) is 10.0 Å². The number of nitrogens with one attached hydrogen (secondary N) is 1. The maximum absolute atomic E-state index is 12.1. The molecule has 0 saturated carbocycles. The first-order valence-corrected chi connectivity index (χ1v) is 7.98. The summed E-state index contributed by atoms with van der Waals surface area (Å²) in [5, 5.41) is 7.86. The van der Waals surface area contributed by atoms with E-state index in [0.717, 1.165) is 0 Å². The SMILES string of the molecule is Cc1cc(S(N)(=O)=O)cc(C)c1NC(=O)C1COCCO1. The van der Waals surface area contributed by atoms with E-state index in [9.17, 15) is 13.2 Å². The lowest BCUT2D eigenvalue weighted by Gasteiger charge is -2.23. The van der Waals surface area contributed by atoms with Gasteiger partial charge in [-0.25, -0.2) is 13.6 Å². The summed E-state index contributed by atoms with van der Waals surface area (Å²) in [5.74, 6) is -0.316. The molecule has 7 nitrogen and oxygen atoms in total. The third-order valence-corrected chi connectivity index (χ3v) is 4.08. The van der Waals surface area contributed by atoms with E-state index in [2.05, 4.69) is 5.32 Å². The highest BCUT2D eigenvalue weighted by molar-refractivity contribution is 7.89. The minimum Gasteiger partial charge on any atom is -0.376 e. The zero-order valence-electron chi connectivity index (χ0n) is 11.9. The van der Waals surface area contributed by atoms with E-state index in [1.165, 1.54) is 12.1 Å². The van der Waals surface area contributed by atoms with Gasteiger partial charge in [-0.2, -0.15) is 0 Å². The third-order valence-electron chi connectivity index (χ3n) is 3.19. The van der Waals surface area contributed by atoms with Crippen LogP contribution in [-0.4, -0.2) is 40.2 Å². The first kappa shape index (κ1) is 15.9. The lowest BCUT2D eigenvalue weighted by Crippen LogP contribution is -2.39. The van der Waals surface area contributed by atoms with Crippen molar-refractivity contribution in [1.29, 1.82) is 0 Å². The molecular formula is C13H18N2O5S. The van der Waals surface area contributed by atoms with E-state index in [1.807, 2.05) is 0 Å². The summed E-state index contributed by atoms with van der Waals surface area (Å²) in [5.41, 5.74) is 1.79. The molecule has 8 heteroatoms. The van der Waals surface area contributed by atoms with Gasteiger partial charge in [0.05, 0.1) is 24.7 Å². The number of amides is 1. The molecule has 2 rings (SSSR count). The predicted octanol–water partition coefficient (Wildman–Crippen LogP) is 0.305. The second-order valence-electron chi connectivity index (χ2n) is 4.90. The molecule has 1 heterocycles. The van der Waals surface area contributed by atoms with Gasteiger partial charge in [0, 0.05) is 5.69 Å². The Kier molecular flexibility index (Phi) is 4.62. The van der Waals surface area contributed by atoms with Crippen LogP contribution in [0.3, 0.4) is 0 Å². The standard InChI is InChI=1S/C13H18N2O5S/c1-8-5-10(21(14,17)18)6-9(2)12(8)15-13(16)11-7-19-3-4-20-11/h5-6,11H,3-4,7H2,1-2H3,(H,15,16)(H2,14,17,18). The largest absolute Gasteiger partial charge is 0.376 e. The van der Waals surface area contributed by atoms with Crippen LogP contribution < -0.4 is 10.5 Å². The molecule has 1 aromatic carbocycles. The summed E-state index contributed by atoms with van der Waals surface area (Å²) in [6.07, 6.45) is -0.657. The summed E-state index contributed by atoms with van der Waals surface area (Å²) >= 11 is 0. The van der Waals surface area contributed by atoms with Crippen molar-refractivity contribution in [2.75, 3.05) is 25.1 Å². The van der Waals surface area contributed by atoms with Crippen LogP contribution in [0, 0.1) is 13.8 Å². The molecule has 1 fully saturated rings. The highest BCUT2D eigenvalue weighted by Gasteiger charge is 2.24. The minimum atomic E-state index is -3.77. The number of anilines is 1. The van der Waals surface area contributed by atoms with Crippen molar-refractivity contribution >= 4 is 21.6 Å². The van der Waals surface area contributed by atoms with Crippen molar-refractivity contribution in [2.45, 2.75) is 24.8 Å². The summed E-state index contributed by atoms with van der Waals surface area (Å²) in [7, 11) is -3.77. The molecule has 1 saturated heterocycles. The molecule has 1 aromatic rings. The van der Waals surface area contributed by atoms with Crippen LogP contribution >= 0.6 is 0 Å². The third kappa shape index (κ3) is 3.79. The van der Waals surface area contributed by atoms with E-state index in [1.54, 1.807) is 13.8 Å². The second kappa shape index (κ2) is 6.10. The smallest absolute Gasteiger partial charge is 0.255 e. The highest BCUT2D eigenvalue weighted by atomic mass is 32.2. The molecule has 21 heavy (non-hydrogen) atoms. The number of hydrogen-bond donors (Lipinski definition) is 2. The van der Waals surface area contributed by atoms with Gasteiger partial charge in [0.1, 0.15) is 0 Å². The summed E-state index contributed by atoms with van der Waals surface area (Å²) in [6.45, 7) is 4.47. The van der Waals surface area contributed by atoms with E-state index in [0.29, 0.717) is 30.0 Å². The highest BCUT2D eigenvalue weighted by Crippen LogP contribution is 2.24. The van der Waals surface area contributed by atoms with Crippen molar-refractivity contribution in [2.24, 2.45) is 5.14 Å². The number of sulfonamides is 1. The maximum Gasteiger partial charge on any atom is 0.255 e. The lowest BCUT2D eigenvalue weighted by molar-refractivity contribution is -0.142. The number of carbonyl (C=O) groups excluding carboxylic acids is 1. The fraction of sp³-hybridized carbons (Fsp3) is 0.462. The first-order chi connectivity index (χ1) is 9.79. The molecule has 1 atom stereocenters. The Hall–Kier alpha value is -1.48. The zero-order valence-corrected chi connectivity index (χ0v) is 12.7. The summed E-state index contributed by atoms with van der Waals surface area (Å²) in [6, 6.07) is 2.85. The molecule has 1 aliphatic heterocycles. The Bertz CT molecular complexity index is 628. The van der Waals surface area contributed by atoms with Crippen molar-refractivity contribution < 1.29 is 22.7 Å². The summed E-state index contributed by atoms with van der Waals surface area (Å²) in [4.78, 5) is 12.1. The average molecular weight is 314 g/mol. The monoisotopic (exact) mass is 314 g/mol. The normalized spacial score (nSPS) is 19.3. The van der Waals surface area contributed by atoms with Crippen LogP contribution in [0.4, 0.5) is 5.69 Å². The lowest BCUT2D eigenvalue weighted by atomic mass is 10.1. The molecular weight excluding hydrogens is 296 g/mol.